The SMILES string of the molecule is Cc1nc2c(OCc3c(Cl)ccc(N4CCCC4)c3Cl)cccn2c1Br. The van der Waals surface area contributed by atoms with E-state index in [0.29, 0.717) is 22.4 Å². The van der Waals surface area contributed by atoms with Gasteiger partial charge in [-0.25, -0.2) is 4.98 Å². The van der Waals surface area contributed by atoms with Crippen LogP contribution in [0.4, 0.5) is 5.69 Å². The zero-order valence-electron chi connectivity index (χ0n) is 14.3. The molecule has 3 aromatic rings. The predicted molar refractivity (Wildman–Crippen MR) is 110 cm³/mol. The maximum atomic E-state index is 6.67. The van der Waals surface area contributed by atoms with Crippen molar-refractivity contribution in [3.05, 3.63) is 56.4 Å². The number of nitrogens with zero attached hydrogens (tertiary/aromatic N) is 3. The van der Waals surface area contributed by atoms with E-state index in [1.165, 1.54) is 12.8 Å². The Morgan fingerprint density at radius 1 is 1.19 bits per heavy atom. The van der Waals surface area contributed by atoms with Crippen molar-refractivity contribution in [2.24, 2.45) is 0 Å². The van der Waals surface area contributed by atoms with Crippen molar-refractivity contribution in [2.75, 3.05) is 18.0 Å². The Morgan fingerprint density at radius 2 is 1.96 bits per heavy atom. The summed E-state index contributed by atoms with van der Waals surface area (Å²) >= 11 is 16.6. The highest BCUT2D eigenvalue weighted by atomic mass is 79.9. The van der Waals surface area contributed by atoms with Crippen LogP contribution in [0.2, 0.25) is 10.0 Å². The van der Waals surface area contributed by atoms with Gasteiger partial charge in [0, 0.05) is 29.9 Å². The summed E-state index contributed by atoms with van der Waals surface area (Å²) < 4.78 is 8.94. The van der Waals surface area contributed by atoms with Crippen LogP contribution in [-0.2, 0) is 6.61 Å². The van der Waals surface area contributed by atoms with E-state index in [-0.39, 0.29) is 0 Å². The van der Waals surface area contributed by atoms with Gasteiger partial charge in [-0.1, -0.05) is 23.2 Å². The van der Waals surface area contributed by atoms with Crippen LogP contribution < -0.4 is 9.64 Å². The number of aryl methyl sites for hydroxylation is 1. The lowest BCUT2D eigenvalue weighted by atomic mass is 10.2. The molecule has 7 heteroatoms. The molecule has 1 aliphatic heterocycles. The molecule has 1 saturated heterocycles. The lowest BCUT2D eigenvalue weighted by Gasteiger charge is -2.21. The van der Waals surface area contributed by atoms with Crippen LogP contribution in [0.5, 0.6) is 5.75 Å². The van der Waals surface area contributed by atoms with Gasteiger partial charge in [0.2, 0.25) is 0 Å². The van der Waals surface area contributed by atoms with Gasteiger partial charge in [-0.3, -0.25) is 4.40 Å². The topological polar surface area (TPSA) is 29.8 Å². The number of rotatable bonds is 4. The molecule has 1 aromatic carbocycles. The summed E-state index contributed by atoms with van der Waals surface area (Å²) in [6.07, 6.45) is 4.34. The van der Waals surface area contributed by atoms with E-state index < -0.39 is 0 Å². The molecule has 0 atom stereocenters. The standard InChI is InChI=1S/C19H18BrCl2N3O/c1-12-18(20)25-10-4-5-16(19(25)23-12)26-11-13-14(21)6-7-15(17(13)22)24-8-2-3-9-24/h4-7,10H,2-3,8-9,11H2,1H3. The molecule has 136 valence electrons. The third-order valence-corrected chi connectivity index (χ3v) is 6.43. The van der Waals surface area contributed by atoms with Crippen LogP contribution >= 0.6 is 39.1 Å². The molecule has 0 amide bonds. The minimum atomic E-state index is 0.294. The molecule has 0 aliphatic carbocycles. The van der Waals surface area contributed by atoms with Crippen LogP contribution in [-0.4, -0.2) is 22.5 Å². The normalized spacial score (nSPS) is 14.4. The number of imidazole rings is 1. The van der Waals surface area contributed by atoms with E-state index in [0.717, 1.165) is 40.3 Å². The molecular weight excluding hydrogens is 437 g/mol. The van der Waals surface area contributed by atoms with Crippen LogP contribution in [0, 0.1) is 6.92 Å². The van der Waals surface area contributed by atoms with Gasteiger partial charge in [0.15, 0.2) is 11.4 Å². The Morgan fingerprint density at radius 3 is 2.73 bits per heavy atom. The molecule has 0 saturated carbocycles. The number of fused-ring (bicyclic) bond motifs is 1. The van der Waals surface area contributed by atoms with Gasteiger partial charge in [0.05, 0.1) is 16.4 Å². The predicted octanol–water partition coefficient (Wildman–Crippen LogP) is 5.89. The molecule has 26 heavy (non-hydrogen) atoms. The first kappa shape index (κ1) is 18.0. The number of benzene rings is 1. The number of anilines is 1. The van der Waals surface area contributed by atoms with E-state index >= 15 is 0 Å². The fourth-order valence-corrected chi connectivity index (χ4v) is 4.28. The highest BCUT2D eigenvalue weighted by Gasteiger charge is 2.19. The summed E-state index contributed by atoms with van der Waals surface area (Å²) in [6.45, 7) is 4.31. The van der Waals surface area contributed by atoms with Crippen molar-refractivity contribution < 1.29 is 4.74 Å². The minimum Gasteiger partial charge on any atom is -0.485 e. The fourth-order valence-electron chi connectivity index (χ4n) is 3.31. The number of hydrogen-bond donors (Lipinski definition) is 0. The van der Waals surface area contributed by atoms with Crippen LogP contribution in [0.25, 0.3) is 5.65 Å². The summed E-state index contributed by atoms with van der Waals surface area (Å²) in [4.78, 5) is 6.87. The molecule has 3 heterocycles. The second-order valence-corrected chi connectivity index (χ2v) is 7.93. The van der Waals surface area contributed by atoms with Gasteiger partial charge in [0.25, 0.3) is 0 Å². The Kier molecular flexibility index (Phi) is 5.04. The van der Waals surface area contributed by atoms with Gasteiger partial charge in [-0.15, -0.1) is 0 Å². The maximum absolute atomic E-state index is 6.67. The molecule has 4 rings (SSSR count). The zero-order chi connectivity index (χ0) is 18.3. The molecule has 1 fully saturated rings. The number of aromatic nitrogens is 2. The van der Waals surface area contributed by atoms with E-state index in [9.17, 15) is 0 Å². The van der Waals surface area contributed by atoms with Crippen molar-refractivity contribution in [1.82, 2.24) is 9.38 Å². The average molecular weight is 455 g/mol. The number of hydrogen-bond acceptors (Lipinski definition) is 3. The van der Waals surface area contributed by atoms with Crippen LogP contribution in [0.1, 0.15) is 24.1 Å². The smallest absolute Gasteiger partial charge is 0.180 e. The van der Waals surface area contributed by atoms with Crippen molar-refractivity contribution in [3.63, 3.8) is 0 Å². The van der Waals surface area contributed by atoms with Crippen molar-refractivity contribution in [2.45, 2.75) is 26.4 Å². The summed E-state index contributed by atoms with van der Waals surface area (Å²) in [5.74, 6) is 0.694. The Hall–Kier alpha value is -1.43. The maximum Gasteiger partial charge on any atom is 0.180 e. The molecular formula is C19H18BrCl2N3O. The molecule has 0 bridgehead atoms. The largest absolute Gasteiger partial charge is 0.485 e. The highest BCUT2D eigenvalue weighted by Crippen LogP contribution is 2.36. The average Bonchev–Trinajstić information content (AvgIpc) is 3.25. The Labute approximate surface area is 170 Å². The summed E-state index contributed by atoms with van der Waals surface area (Å²) in [7, 11) is 0. The number of halogens is 3. The van der Waals surface area contributed by atoms with Crippen molar-refractivity contribution >= 4 is 50.5 Å². The molecule has 4 nitrogen and oxygen atoms in total. The van der Waals surface area contributed by atoms with Gasteiger partial charge >= 0.3 is 0 Å². The van der Waals surface area contributed by atoms with E-state index in [2.05, 4.69) is 25.8 Å². The van der Waals surface area contributed by atoms with E-state index in [4.69, 9.17) is 27.9 Å². The third-order valence-electron chi connectivity index (χ3n) is 4.70. The Balaban J connectivity index is 1.64. The van der Waals surface area contributed by atoms with Crippen molar-refractivity contribution in [3.8, 4) is 5.75 Å². The lowest BCUT2D eigenvalue weighted by molar-refractivity contribution is 0.308. The number of ether oxygens (including phenoxy) is 1. The van der Waals surface area contributed by atoms with Gasteiger partial charge in [0.1, 0.15) is 11.2 Å². The summed E-state index contributed by atoms with van der Waals surface area (Å²) in [6, 6.07) is 7.73. The van der Waals surface area contributed by atoms with Crippen LogP contribution in [0.15, 0.2) is 35.1 Å². The van der Waals surface area contributed by atoms with E-state index in [1.807, 2.05) is 41.8 Å². The minimum absolute atomic E-state index is 0.294. The molecule has 1 aliphatic rings. The fraction of sp³-hybridized carbons (Fsp3) is 0.316. The van der Waals surface area contributed by atoms with E-state index in [1.54, 1.807) is 0 Å². The Bertz CT molecular complexity index is 967. The first-order chi connectivity index (χ1) is 12.6. The molecule has 0 radical (unpaired) electrons. The number of pyridine rings is 1. The highest BCUT2D eigenvalue weighted by molar-refractivity contribution is 9.10. The quantitative estimate of drug-likeness (QED) is 0.492. The lowest BCUT2D eigenvalue weighted by Crippen LogP contribution is -2.18. The van der Waals surface area contributed by atoms with Gasteiger partial charge in [-0.05, 0) is 60.0 Å². The second-order valence-electron chi connectivity index (χ2n) is 6.40. The van der Waals surface area contributed by atoms with Crippen molar-refractivity contribution in [1.29, 1.82) is 0 Å². The molecule has 0 spiro atoms. The summed E-state index contributed by atoms with van der Waals surface area (Å²) in [5.41, 5.74) is 3.51. The van der Waals surface area contributed by atoms with Gasteiger partial charge < -0.3 is 9.64 Å². The van der Waals surface area contributed by atoms with Gasteiger partial charge in [-0.2, -0.15) is 0 Å². The first-order valence-electron chi connectivity index (χ1n) is 8.54. The molecule has 0 unspecified atom stereocenters. The molecule has 2 aromatic heterocycles. The zero-order valence-corrected chi connectivity index (χ0v) is 17.4. The first-order valence-corrected chi connectivity index (χ1v) is 10.1. The van der Waals surface area contributed by atoms with Crippen LogP contribution in [0.3, 0.4) is 0 Å². The second kappa shape index (κ2) is 7.29. The summed E-state index contributed by atoms with van der Waals surface area (Å²) in [5, 5.41) is 1.29. The monoisotopic (exact) mass is 453 g/mol. The third kappa shape index (κ3) is 3.17. The molecule has 0 N–H and O–H groups in total.